The molecule has 4 heterocycles. The quantitative estimate of drug-likeness (QED) is 0.364. The lowest BCUT2D eigenvalue weighted by molar-refractivity contribution is 0.517. The van der Waals surface area contributed by atoms with Crippen LogP contribution in [-0.2, 0) is 6.54 Å². The summed E-state index contributed by atoms with van der Waals surface area (Å²) in [6, 6.07) is 9.02. The van der Waals surface area contributed by atoms with Crippen molar-refractivity contribution in [1.29, 1.82) is 0 Å². The van der Waals surface area contributed by atoms with E-state index in [1.54, 1.807) is 24.5 Å². The molecule has 1 aliphatic heterocycles. The molecule has 0 saturated carbocycles. The van der Waals surface area contributed by atoms with E-state index in [9.17, 15) is 4.39 Å². The van der Waals surface area contributed by atoms with Gasteiger partial charge in [-0.1, -0.05) is 23.5 Å². The van der Waals surface area contributed by atoms with Crippen LogP contribution in [0.4, 0.5) is 15.3 Å². The Bertz CT molecular complexity index is 1150. The van der Waals surface area contributed by atoms with E-state index < -0.39 is 0 Å². The number of nitrogens with one attached hydrogen (secondary N) is 3. The van der Waals surface area contributed by atoms with E-state index in [4.69, 9.17) is 0 Å². The molecule has 160 valence electrons. The summed E-state index contributed by atoms with van der Waals surface area (Å²) in [5.74, 6) is 0.475. The molecule has 1 atom stereocenters. The average molecular weight is 438 g/mol. The van der Waals surface area contributed by atoms with Gasteiger partial charge in [-0.2, -0.15) is 0 Å². The van der Waals surface area contributed by atoms with Crippen molar-refractivity contribution in [3.05, 3.63) is 54.9 Å². The van der Waals surface area contributed by atoms with E-state index in [1.807, 2.05) is 12.4 Å². The third-order valence-corrected chi connectivity index (χ3v) is 6.42. The molecule has 1 fully saturated rings. The SMILES string of the molecule is Fc1ccc(-c2cnc(Nc3cc4c(cn3)ncn4CCNC[C@@H]3CCCN3)s2)cc1. The van der Waals surface area contributed by atoms with Gasteiger partial charge < -0.3 is 20.5 Å². The van der Waals surface area contributed by atoms with Gasteiger partial charge in [0.05, 0.1) is 22.9 Å². The number of pyridine rings is 1. The summed E-state index contributed by atoms with van der Waals surface area (Å²) in [5, 5.41) is 11.1. The summed E-state index contributed by atoms with van der Waals surface area (Å²) in [6.45, 7) is 3.87. The van der Waals surface area contributed by atoms with Gasteiger partial charge in [0.2, 0.25) is 0 Å². The molecule has 5 rings (SSSR count). The monoisotopic (exact) mass is 437 g/mol. The molecular formula is C22H24FN7S. The summed E-state index contributed by atoms with van der Waals surface area (Å²) in [6.07, 6.45) is 7.95. The third kappa shape index (κ3) is 4.73. The Labute approximate surface area is 183 Å². The minimum atomic E-state index is -0.244. The highest BCUT2D eigenvalue weighted by molar-refractivity contribution is 7.18. The highest BCUT2D eigenvalue weighted by atomic mass is 32.1. The van der Waals surface area contributed by atoms with Gasteiger partial charge in [-0.15, -0.1) is 0 Å². The van der Waals surface area contributed by atoms with Gasteiger partial charge in [-0.25, -0.2) is 19.3 Å². The van der Waals surface area contributed by atoms with Crippen molar-refractivity contribution in [2.45, 2.75) is 25.4 Å². The number of hydrogen-bond acceptors (Lipinski definition) is 7. The first kappa shape index (κ1) is 20.0. The van der Waals surface area contributed by atoms with E-state index in [0.717, 1.165) is 58.6 Å². The predicted octanol–water partition coefficient (Wildman–Crippen LogP) is 3.78. The summed E-state index contributed by atoms with van der Waals surface area (Å²) >= 11 is 1.50. The molecule has 4 aromatic rings. The molecule has 1 aliphatic rings. The summed E-state index contributed by atoms with van der Waals surface area (Å²) < 4.78 is 15.3. The maximum Gasteiger partial charge on any atom is 0.188 e. The lowest BCUT2D eigenvalue weighted by Gasteiger charge is -2.12. The molecule has 1 aromatic carbocycles. The van der Waals surface area contributed by atoms with Gasteiger partial charge in [-0.3, -0.25) is 0 Å². The molecule has 31 heavy (non-hydrogen) atoms. The fraction of sp³-hybridized carbons (Fsp3) is 0.318. The maximum absolute atomic E-state index is 13.2. The number of benzene rings is 1. The Morgan fingerprint density at radius 1 is 1.16 bits per heavy atom. The predicted molar refractivity (Wildman–Crippen MR) is 122 cm³/mol. The fourth-order valence-electron chi connectivity index (χ4n) is 3.80. The average Bonchev–Trinajstić information content (AvgIpc) is 3.54. The minimum Gasteiger partial charge on any atom is -0.329 e. The van der Waals surface area contributed by atoms with E-state index in [0.29, 0.717) is 6.04 Å². The van der Waals surface area contributed by atoms with Crippen LogP contribution in [0.2, 0.25) is 0 Å². The van der Waals surface area contributed by atoms with Crippen molar-refractivity contribution in [3.63, 3.8) is 0 Å². The molecule has 3 aromatic heterocycles. The van der Waals surface area contributed by atoms with Crippen LogP contribution in [-0.4, -0.2) is 45.2 Å². The number of fused-ring (bicyclic) bond motifs is 1. The van der Waals surface area contributed by atoms with Gasteiger partial charge in [0.1, 0.15) is 17.2 Å². The Morgan fingerprint density at radius 3 is 2.90 bits per heavy atom. The van der Waals surface area contributed by atoms with Crippen LogP contribution in [0.3, 0.4) is 0 Å². The molecule has 0 unspecified atom stereocenters. The van der Waals surface area contributed by atoms with Crippen LogP contribution in [0.15, 0.2) is 49.1 Å². The minimum absolute atomic E-state index is 0.244. The molecule has 0 aliphatic carbocycles. The fourth-order valence-corrected chi connectivity index (χ4v) is 4.63. The van der Waals surface area contributed by atoms with E-state index >= 15 is 0 Å². The Balaban J connectivity index is 1.24. The van der Waals surface area contributed by atoms with Gasteiger partial charge >= 0.3 is 0 Å². The third-order valence-electron chi connectivity index (χ3n) is 5.46. The number of halogens is 1. The summed E-state index contributed by atoms with van der Waals surface area (Å²) in [7, 11) is 0. The number of hydrogen-bond donors (Lipinski definition) is 3. The van der Waals surface area contributed by atoms with Crippen LogP contribution in [0.5, 0.6) is 0 Å². The molecule has 0 radical (unpaired) electrons. The molecular weight excluding hydrogens is 413 g/mol. The van der Waals surface area contributed by atoms with E-state index in [2.05, 4.69) is 35.5 Å². The van der Waals surface area contributed by atoms with Gasteiger partial charge in [0.15, 0.2) is 5.13 Å². The van der Waals surface area contributed by atoms with Crippen molar-refractivity contribution in [1.82, 2.24) is 30.2 Å². The van der Waals surface area contributed by atoms with Crippen LogP contribution in [0.1, 0.15) is 12.8 Å². The molecule has 0 spiro atoms. The van der Waals surface area contributed by atoms with Crippen molar-refractivity contribution in [2.75, 3.05) is 25.0 Å². The number of thiazole rings is 1. The normalized spacial score (nSPS) is 16.2. The zero-order valence-corrected chi connectivity index (χ0v) is 17.8. The van der Waals surface area contributed by atoms with Crippen LogP contribution < -0.4 is 16.0 Å². The second-order valence-electron chi connectivity index (χ2n) is 7.66. The van der Waals surface area contributed by atoms with Crippen LogP contribution in [0, 0.1) is 5.82 Å². The Hall–Kier alpha value is -2.88. The zero-order valence-electron chi connectivity index (χ0n) is 17.0. The van der Waals surface area contributed by atoms with Crippen molar-refractivity contribution < 1.29 is 4.39 Å². The van der Waals surface area contributed by atoms with Gasteiger partial charge in [-0.05, 0) is 37.1 Å². The highest BCUT2D eigenvalue weighted by Crippen LogP contribution is 2.30. The van der Waals surface area contributed by atoms with E-state index in [1.165, 1.54) is 36.3 Å². The van der Waals surface area contributed by atoms with Crippen LogP contribution >= 0.6 is 11.3 Å². The second-order valence-corrected chi connectivity index (χ2v) is 8.69. The zero-order chi connectivity index (χ0) is 21.0. The molecule has 3 N–H and O–H groups in total. The first-order valence-corrected chi connectivity index (χ1v) is 11.3. The largest absolute Gasteiger partial charge is 0.329 e. The molecule has 0 bridgehead atoms. The van der Waals surface area contributed by atoms with Gasteiger partial charge in [0.25, 0.3) is 0 Å². The topological polar surface area (TPSA) is 79.7 Å². The summed E-state index contributed by atoms with van der Waals surface area (Å²) in [4.78, 5) is 14.3. The van der Waals surface area contributed by atoms with Crippen molar-refractivity contribution in [2.24, 2.45) is 0 Å². The van der Waals surface area contributed by atoms with E-state index in [-0.39, 0.29) is 5.82 Å². The van der Waals surface area contributed by atoms with Gasteiger partial charge in [0, 0.05) is 37.9 Å². The molecule has 0 amide bonds. The number of nitrogens with zero attached hydrogens (tertiary/aromatic N) is 4. The molecule has 1 saturated heterocycles. The first-order chi connectivity index (χ1) is 15.2. The Kier molecular flexibility index (Phi) is 5.88. The lowest BCUT2D eigenvalue weighted by Crippen LogP contribution is -2.35. The molecule has 9 heteroatoms. The van der Waals surface area contributed by atoms with Crippen molar-refractivity contribution >= 4 is 33.3 Å². The van der Waals surface area contributed by atoms with Crippen LogP contribution in [0.25, 0.3) is 21.5 Å². The second kappa shape index (κ2) is 9.09. The highest BCUT2D eigenvalue weighted by Gasteiger charge is 2.13. The number of rotatable bonds is 8. The number of aromatic nitrogens is 4. The summed E-state index contributed by atoms with van der Waals surface area (Å²) in [5.41, 5.74) is 2.84. The molecule has 7 nitrogen and oxygen atoms in total. The lowest BCUT2D eigenvalue weighted by atomic mass is 10.2. The number of anilines is 2. The number of imidazole rings is 1. The smallest absolute Gasteiger partial charge is 0.188 e. The Morgan fingerprint density at radius 2 is 2.06 bits per heavy atom. The first-order valence-electron chi connectivity index (χ1n) is 10.5. The maximum atomic E-state index is 13.2. The standard InChI is InChI=1S/C22H24FN7S/c23-16-5-3-15(4-6-16)20-13-27-22(31-20)29-21-10-19-18(12-26-21)28-14-30(19)9-8-24-11-17-2-1-7-25-17/h3-6,10,12-14,17,24-25H,1-2,7-9,11H2,(H,26,27,29)/t17-/m0/s1. The van der Waals surface area contributed by atoms with Crippen molar-refractivity contribution in [3.8, 4) is 10.4 Å².